The first-order chi connectivity index (χ1) is 5.06. The molecule has 0 amide bonds. The zero-order valence-corrected chi connectivity index (χ0v) is 7.61. The number of nitriles is 1. The summed E-state index contributed by atoms with van der Waals surface area (Å²) in [6.07, 6.45) is 2.40. The van der Waals surface area contributed by atoms with E-state index in [1.54, 1.807) is 6.92 Å². The first-order valence-electron chi connectivity index (χ1n) is 3.68. The van der Waals surface area contributed by atoms with E-state index in [1.807, 2.05) is 13.0 Å². The molecule has 0 aliphatic carbocycles. The average Bonchev–Trinajstić information content (AvgIpc) is 2.00. The van der Waals surface area contributed by atoms with Crippen LogP contribution in [0.5, 0.6) is 0 Å². The third kappa shape index (κ3) is 2.90. The van der Waals surface area contributed by atoms with E-state index >= 15 is 0 Å². The largest absolute Gasteiger partial charge is 0.280 e. The predicted octanol–water partition coefficient (Wildman–Crippen LogP) is 2.47. The van der Waals surface area contributed by atoms with Crippen LogP contribution in [0, 0.1) is 16.7 Å². The first-order valence-corrected chi connectivity index (χ1v) is 4.06. The van der Waals surface area contributed by atoms with E-state index in [9.17, 15) is 4.79 Å². The van der Waals surface area contributed by atoms with Gasteiger partial charge in [-0.15, -0.1) is 0 Å². The van der Waals surface area contributed by atoms with Gasteiger partial charge in [0.1, 0.15) is 5.41 Å². The van der Waals surface area contributed by atoms with Crippen molar-refractivity contribution in [2.75, 3.05) is 0 Å². The molecule has 0 aromatic rings. The molecule has 0 saturated heterocycles. The highest BCUT2D eigenvalue weighted by atomic mass is 35.5. The second kappa shape index (κ2) is 4.35. The lowest BCUT2D eigenvalue weighted by Crippen LogP contribution is -2.21. The highest BCUT2D eigenvalue weighted by molar-refractivity contribution is 6.65. The van der Waals surface area contributed by atoms with Crippen molar-refractivity contribution in [3.05, 3.63) is 0 Å². The monoisotopic (exact) mass is 173 g/mol. The number of carbonyl (C=O) groups is 1. The molecule has 0 aliphatic heterocycles. The molecule has 0 spiro atoms. The molecule has 0 rings (SSSR count). The molecule has 0 aromatic heterocycles. The fraction of sp³-hybridized carbons (Fsp3) is 0.750. The molecule has 2 nitrogen and oxygen atoms in total. The van der Waals surface area contributed by atoms with E-state index in [1.165, 1.54) is 0 Å². The summed E-state index contributed by atoms with van der Waals surface area (Å²) in [5.41, 5.74) is -0.975. The molecule has 0 aliphatic rings. The maximum absolute atomic E-state index is 10.7. The fourth-order valence-electron chi connectivity index (χ4n) is 0.728. The fourth-order valence-corrected chi connectivity index (χ4v) is 0.865. The summed E-state index contributed by atoms with van der Waals surface area (Å²) in [5.74, 6) is 0. The molecule has 1 atom stereocenters. The van der Waals surface area contributed by atoms with E-state index in [4.69, 9.17) is 16.9 Å². The van der Waals surface area contributed by atoms with Gasteiger partial charge in [-0.3, -0.25) is 4.79 Å². The molecule has 0 radical (unpaired) electrons. The van der Waals surface area contributed by atoms with Crippen molar-refractivity contribution < 1.29 is 4.79 Å². The topological polar surface area (TPSA) is 40.9 Å². The quantitative estimate of drug-likeness (QED) is 0.613. The van der Waals surface area contributed by atoms with Crippen LogP contribution >= 0.6 is 11.6 Å². The minimum Gasteiger partial charge on any atom is -0.280 e. The van der Waals surface area contributed by atoms with Crippen molar-refractivity contribution >= 4 is 16.8 Å². The lowest BCUT2D eigenvalue weighted by atomic mass is 9.88. The SMILES string of the molecule is CCCCC(C)(C#N)C(=O)Cl. The van der Waals surface area contributed by atoms with Crippen LogP contribution in [0.15, 0.2) is 0 Å². The van der Waals surface area contributed by atoms with Crippen LogP contribution in [0.4, 0.5) is 0 Å². The van der Waals surface area contributed by atoms with Gasteiger partial charge in [0.15, 0.2) is 0 Å². The number of carbonyl (C=O) groups excluding carboxylic acids is 1. The van der Waals surface area contributed by atoms with E-state index < -0.39 is 10.7 Å². The van der Waals surface area contributed by atoms with Gasteiger partial charge in [-0.1, -0.05) is 19.8 Å². The van der Waals surface area contributed by atoms with Crippen molar-refractivity contribution in [3.63, 3.8) is 0 Å². The van der Waals surface area contributed by atoms with Crippen LogP contribution in [-0.4, -0.2) is 5.24 Å². The Morgan fingerprint density at radius 3 is 2.55 bits per heavy atom. The van der Waals surface area contributed by atoms with Gasteiger partial charge < -0.3 is 0 Å². The number of unbranched alkanes of at least 4 members (excludes halogenated alkanes) is 1. The van der Waals surface area contributed by atoms with Gasteiger partial charge in [-0.25, -0.2) is 0 Å². The predicted molar refractivity (Wildman–Crippen MR) is 44.1 cm³/mol. The second-order valence-corrected chi connectivity index (χ2v) is 3.16. The van der Waals surface area contributed by atoms with Gasteiger partial charge in [0.2, 0.25) is 5.24 Å². The summed E-state index contributed by atoms with van der Waals surface area (Å²) in [4.78, 5) is 10.7. The number of nitrogens with zero attached hydrogens (tertiary/aromatic N) is 1. The van der Waals surface area contributed by atoms with Crippen LogP contribution < -0.4 is 0 Å². The Balaban J connectivity index is 4.14. The maximum Gasteiger partial charge on any atom is 0.241 e. The van der Waals surface area contributed by atoms with Gasteiger partial charge in [0.25, 0.3) is 0 Å². The molecule has 0 fully saturated rings. The van der Waals surface area contributed by atoms with Crippen LogP contribution in [0.1, 0.15) is 33.1 Å². The molecule has 0 aromatic carbocycles. The third-order valence-electron chi connectivity index (χ3n) is 1.71. The molecular formula is C8H12ClNO. The van der Waals surface area contributed by atoms with Crippen molar-refractivity contribution in [2.24, 2.45) is 5.41 Å². The lowest BCUT2D eigenvalue weighted by Gasteiger charge is -2.14. The number of hydrogen-bond acceptors (Lipinski definition) is 2. The highest BCUT2D eigenvalue weighted by Gasteiger charge is 2.30. The summed E-state index contributed by atoms with van der Waals surface area (Å²) < 4.78 is 0. The Bertz CT molecular complexity index is 185. The van der Waals surface area contributed by atoms with Crippen LogP contribution in [0.3, 0.4) is 0 Å². The van der Waals surface area contributed by atoms with Crippen molar-refractivity contribution in [1.82, 2.24) is 0 Å². The summed E-state index contributed by atoms with van der Waals surface area (Å²) in [6, 6.07) is 1.93. The standard InChI is InChI=1S/C8H12ClNO/c1-3-4-5-8(2,6-10)7(9)11/h3-5H2,1-2H3. The van der Waals surface area contributed by atoms with Crippen molar-refractivity contribution in [3.8, 4) is 6.07 Å². The summed E-state index contributed by atoms with van der Waals surface area (Å²) in [7, 11) is 0. The maximum atomic E-state index is 10.7. The zero-order valence-electron chi connectivity index (χ0n) is 6.85. The Hall–Kier alpha value is -0.550. The summed E-state index contributed by atoms with van der Waals surface area (Å²) >= 11 is 5.26. The number of hydrogen-bond donors (Lipinski definition) is 0. The van der Waals surface area contributed by atoms with E-state index in [2.05, 4.69) is 0 Å². The Labute approximate surface area is 72.2 Å². The van der Waals surface area contributed by atoms with Gasteiger partial charge >= 0.3 is 0 Å². The molecule has 0 N–H and O–H groups in total. The van der Waals surface area contributed by atoms with Crippen LogP contribution in [-0.2, 0) is 4.79 Å². The van der Waals surface area contributed by atoms with Crippen LogP contribution in [0.25, 0.3) is 0 Å². The molecule has 0 bridgehead atoms. The van der Waals surface area contributed by atoms with E-state index in [-0.39, 0.29) is 0 Å². The van der Waals surface area contributed by atoms with Crippen LogP contribution in [0.2, 0.25) is 0 Å². The molecule has 11 heavy (non-hydrogen) atoms. The van der Waals surface area contributed by atoms with Crippen molar-refractivity contribution in [2.45, 2.75) is 33.1 Å². The summed E-state index contributed by atoms with van der Waals surface area (Å²) in [5, 5.41) is 8.08. The Morgan fingerprint density at radius 2 is 2.27 bits per heavy atom. The molecular weight excluding hydrogens is 162 g/mol. The zero-order chi connectivity index (χ0) is 8.91. The Morgan fingerprint density at radius 1 is 1.73 bits per heavy atom. The first kappa shape index (κ1) is 10.4. The smallest absolute Gasteiger partial charge is 0.241 e. The van der Waals surface area contributed by atoms with Gasteiger partial charge in [0, 0.05) is 0 Å². The van der Waals surface area contributed by atoms with E-state index in [0.717, 1.165) is 12.8 Å². The normalized spacial score (nSPS) is 15.1. The second-order valence-electron chi connectivity index (χ2n) is 2.82. The lowest BCUT2D eigenvalue weighted by molar-refractivity contribution is -0.117. The molecule has 3 heteroatoms. The van der Waals surface area contributed by atoms with Gasteiger partial charge in [0.05, 0.1) is 6.07 Å². The van der Waals surface area contributed by atoms with Gasteiger partial charge in [-0.2, -0.15) is 5.26 Å². The highest BCUT2D eigenvalue weighted by Crippen LogP contribution is 2.25. The minimum absolute atomic E-state index is 0.548. The molecule has 0 heterocycles. The van der Waals surface area contributed by atoms with E-state index in [0.29, 0.717) is 6.42 Å². The molecule has 0 saturated carbocycles. The minimum atomic E-state index is -0.975. The molecule has 1 unspecified atom stereocenters. The van der Waals surface area contributed by atoms with Gasteiger partial charge in [-0.05, 0) is 24.9 Å². The van der Waals surface area contributed by atoms with Crippen molar-refractivity contribution in [1.29, 1.82) is 5.26 Å². The Kier molecular flexibility index (Phi) is 4.14. The average molecular weight is 174 g/mol. The number of halogens is 1. The third-order valence-corrected chi connectivity index (χ3v) is 2.13. The number of rotatable bonds is 4. The molecule has 62 valence electrons. The summed E-state index contributed by atoms with van der Waals surface area (Å²) in [6.45, 7) is 3.59.